The van der Waals surface area contributed by atoms with Crippen molar-refractivity contribution in [1.82, 2.24) is 14.5 Å². The van der Waals surface area contributed by atoms with Gasteiger partial charge < -0.3 is 9.47 Å². The highest BCUT2D eigenvalue weighted by atomic mass is 32.2. The molecule has 3 rings (SSSR count). The van der Waals surface area contributed by atoms with Crippen LogP contribution in [0.15, 0.2) is 42.9 Å². The molecule has 1 saturated heterocycles. The van der Waals surface area contributed by atoms with Crippen molar-refractivity contribution in [3.63, 3.8) is 0 Å². The van der Waals surface area contributed by atoms with E-state index >= 15 is 0 Å². The molecule has 1 unspecified atom stereocenters. The molecule has 0 N–H and O–H groups in total. The molecule has 0 aromatic carbocycles. The first-order valence-corrected chi connectivity index (χ1v) is 7.22. The number of amides is 1. The van der Waals surface area contributed by atoms with Gasteiger partial charge in [0.2, 0.25) is 5.91 Å². The average Bonchev–Trinajstić information content (AvgIpc) is 2.99. The molecule has 2 aromatic rings. The van der Waals surface area contributed by atoms with Gasteiger partial charge in [0.1, 0.15) is 5.37 Å². The third-order valence-electron chi connectivity index (χ3n) is 3.31. The molecule has 0 spiro atoms. The number of rotatable bonds is 3. The van der Waals surface area contributed by atoms with Gasteiger partial charge in [0.25, 0.3) is 0 Å². The number of thioether (sulfide) groups is 1. The molecule has 2 aromatic heterocycles. The normalized spacial score (nSPS) is 19.1. The second-order valence-corrected chi connectivity index (χ2v) is 5.65. The van der Waals surface area contributed by atoms with Crippen LogP contribution in [0, 0.1) is 0 Å². The number of aryl methyl sites for hydroxylation is 1. The highest BCUT2D eigenvalue weighted by Gasteiger charge is 2.33. The second kappa shape index (κ2) is 5.09. The van der Waals surface area contributed by atoms with Crippen LogP contribution in [0.3, 0.4) is 0 Å². The van der Waals surface area contributed by atoms with Gasteiger partial charge in [0, 0.05) is 32.2 Å². The molecule has 3 heterocycles. The Hall–Kier alpha value is -1.75. The Balaban J connectivity index is 1.85. The number of carbonyl (C=O) groups is 1. The topological polar surface area (TPSA) is 38.1 Å². The van der Waals surface area contributed by atoms with Crippen molar-refractivity contribution in [2.75, 3.05) is 5.75 Å². The Morgan fingerprint density at radius 1 is 1.37 bits per heavy atom. The van der Waals surface area contributed by atoms with Crippen molar-refractivity contribution in [3.8, 4) is 0 Å². The molecule has 1 fully saturated rings. The molecule has 4 nitrogen and oxygen atoms in total. The van der Waals surface area contributed by atoms with Crippen molar-refractivity contribution in [3.05, 3.63) is 54.1 Å². The Bertz CT molecular complexity index is 581. The van der Waals surface area contributed by atoms with Crippen molar-refractivity contribution in [1.29, 1.82) is 0 Å². The van der Waals surface area contributed by atoms with Crippen LogP contribution in [0.5, 0.6) is 0 Å². The van der Waals surface area contributed by atoms with E-state index in [1.807, 2.05) is 36.3 Å². The van der Waals surface area contributed by atoms with Crippen LogP contribution in [0.25, 0.3) is 0 Å². The predicted molar refractivity (Wildman–Crippen MR) is 75.4 cm³/mol. The monoisotopic (exact) mass is 273 g/mol. The largest absolute Gasteiger partial charge is 0.352 e. The first-order valence-electron chi connectivity index (χ1n) is 6.17. The maximum absolute atomic E-state index is 12.1. The highest BCUT2D eigenvalue weighted by molar-refractivity contribution is 8.00. The van der Waals surface area contributed by atoms with E-state index in [1.165, 1.54) is 5.69 Å². The van der Waals surface area contributed by atoms with E-state index in [9.17, 15) is 4.79 Å². The maximum atomic E-state index is 12.1. The summed E-state index contributed by atoms with van der Waals surface area (Å²) in [7, 11) is 2.02. The van der Waals surface area contributed by atoms with E-state index in [1.54, 1.807) is 24.2 Å². The minimum absolute atomic E-state index is 0.112. The third-order valence-corrected chi connectivity index (χ3v) is 4.53. The molecular weight excluding hydrogens is 258 g/mol. The van der Waals surface area contributed by atoms with E-state index in [0.29, 0.717) is 12.3 Å². The zero-order valence-corrected chi connectivity index (χ0v) is 11.5. The van der Waals surface area contributed by atoms with E-state index < -0.39 is 0 Å². The van der Waals surface area contributed by atoms with E-state index in [0.717, 1.165) is 5.56 Å². The summed E-state index contributed by atoms with van der Waals surface area (Å²) >= 11 is 1.69. The Kier molecular flexibility index (Phi) is 3.29. The lowest BCUT2D eigenvalue weighted by molar-refractivity contribution is -0.128. The summed E-state index contributed by atoms with van der Waals surface area (Å²) in [6, 6.07) is 8.01. The predicted octanol–water partition coefficient (Wildman–Crippen LogP) is 2.19. The van der Waals surface area contributed by atoms with E-state index in [-0.39, 0.29) is 11.3 Å². The lowest BCUT2D eigenvalue weighted by Crippen LogP contribution is -2.28. The molecular formula is C14H15N3OS. The fourth-order valence-electron chi connectivity index (χ4n) is 2.29. The van der Waals surface area contributed by atoms with Gasteiger partial charge >= 0.3 is 0 Å². The average molecular weight is 273 g/mol. The van der Waals surface area contributed by atoms with Crippen LogP contribution < -0.4 is 0 Å². The quantitative estimate of drug-likeness (QED) is 0.860. The third kappa shape index (κ3) is 2.38. The second-order valence-electron chi connectivity index (χ2n) is 4.58. The summed E-state index contributed by atoms with van der Waals surface area (Å²) in [5.74, 6) is 0.758. The molecule has 0 bridgehead atoms. The Labute approximate surface area is 116 Å². The van der Waals surface area contributed by atoms with Gasteiger partial charge in [-0.2, -0.15) is 0 Å². The van der Waals surface area contributed by atoms with Crippen molar-refractivity contribution >= 4 is 17.7 Å². The van der Waals surface area contributed by atoms with Crippen LogP contribution in [-0.4, -0.2) is 26.1 Å². The number of hydrogen-bond donors (Lipinski definition) is 0. The van der Waals surface area contributed by atoms with Crippen molar-refractivity contribution in [2.45, 2.75) is 11.9 Å². The molecule has 5 heteroatoms. The summed E-state index contributed by atoms with van der Waals surface area (Å²) in [4.78, 5) is 18.0. The van der Waals surface area contributed by atoms with E-state index in [2.05, 4.69) is 15.6 Å². The number of carbonyl (C=O) groups excluding carboxylic acids is 1. The van der Waals surface area contributed by atoms with Gasteiger partial charge in [0.05, 0.1) is 11.4 Å². The lowest BCUT2D eigenvalue weighted by atomic mass is 10.2. The first kappa shape index (κ1) is 12.3. The van der Waals surface area contributed by atoms with Crippen LogP contribution in [-0.2, 0) is 18.4 Å². The number of nitrogens with zero attached hydrogens (tertiary/aromatic N) is 3. The Morgan fingerprint density at radius 3 is 2.84 bits per heavy atom. The minimum Gasteiger partial charge on any atom is -0.352 e. The van der Waals surface area contributed by atoms with Gasteiger partial charge in [-0.1, -0.05) is 0 Å². The van der Waals surface area contributed by atoms with Gasteiger partial charge in [-0.15, -0.1) is 11.8 Å². The SMILES string of the molecule is Cn1cccc1C1SCC(=O)N1Cc1ccncc1. The fraction of sp³-hybridized carbons (Fsp3) is 0.286. The van der Waals surface area contributed by atoms with Crippen molar-refractivity contribution in [2.24, 2.45) is 7.05 Å². The molecule has 1 amide bonds. The maximum Gasteiger partial charge on any atom is 0.234 e. The van der Waals surface area contributed by atoms with Crippen LogP contribution in [0.1, 0.15) is 16.6 Å². The molecule has 1 atom stereocenters. The summed E-state index contributed by atoms with van der Waals surface area (Å²) in [5.41, 5.74) is 2.29. The zero-order chi connectivity index (χ0) is 13.2. The van der Waals surface area contributed by atoms with Crippen LogP contribution in [0.2, 0.25) is 0 Å². The van der Waals surface area contributed by atoms with Gasteiger partial charge in [-0.25, -0.2) is 0 Å². The van der Waals surface area contributed by atoms with Gasteiger partial charge in [-0.3, -0.25) is 9.78 Å². The fourth-order valence-corrected chi connectivity index (χ4v) is 3.54. The number of pyridine rings is 1. The number of aromatic nitrogens is 2. The summed E-state index contributed by atoms with van der Waals surface area (Å²) in [5, 5.41) is 0.112. The summed E-state index contributed by atoms with van der Waals surface area (Å²) < 4.78 is 2.08. The first-order chi connectivity index (χ1) is 9.25. The molecule has 19 heavy (non-hydrogen) atoms. The smallest absolute Gasteiger partial charge is 0.234 e. The number of hydrogen-bond acceptors (Lipinski definition) is 3. The van der Waals surface area contributed by atoms with Gasteiger partial charge in [0.15, 0.2) is 0 Å². The zero-order valence-electron chi connectivity index (χ0n) is 10.7. The van der Waals surface area contributed by atoms with E-state index in [4.69, 9.17) is 0 Å². The molecule has 98 valence electrons. The molecule has 0 saturated carbocycles. The van der Waals surface area contributed by atoms with Crippen molar-refractivity contribution < 1.29 is 4.79 Å². The van der Waals surface area contributed by atoms with Crippen LogP contribution >= 0.6 is 11.8 Å². The molecule has 1 aliphatic heterocycles. The minimum atomic E-state index is 0.112. The highest BCUT2D eigenvalue weighted by Crippen LogP contribution is 2.39. The van der Waals surface area contributed by atoms with Crippen LogP contribution in [0.4, 0.5) is 0 Å². The molecule has 0 radical (unpaired) electrons. The standard InChI is InChI=1S/C14H15N3OS/c1-16-8-2-3-12(16)14-17(13(18)10-19-14)9-11-4-6-15-7-5-11/h2-8,14H,9-10H2,1H3. The summed E-state index contributed by atoms with van der Waals surface area (Å²) in [6.45, 7) is 0.643. The molecule has 1 aliphatic rings. The lowest BCUT2D eigenvalue weighted by Gasteiger charge is -2.24. The molecule has 0 aliphatic carbocycles. The Morgan fingerprint density at radius 2 is 2.16 bits per heavy atom. The summed E-state index contributed by atoms with van der Waals surface area (Å²) in [6.07, 6.45) is 5.55. The van der Waals surface area contributed by atoms with Gasteiger partial charge in [-0.05, 0) is 29.8 Å².